The Morgan fingerprint density at radius 2 is 1.97 bits per heavy atom. The predicted octanol–water partition coefficient (Wildman–Crippen LogP) is 3.07. The number of ether oxygens (including phenoxy) is 1. The Kier molecular flexibility index (Phi) is 6.16. The SMILES string of the molecule is Cc1c(NC(=O)C=CCN2CCOCC2)cccc1-c1ccc(C(N)=O)c2[nH]ccc12. The van der Waals surface area contributed by atoms with E-state index in [2.05, 4.69) is 15.2 Å². The first kappa shape index (κ1) is 20.8. The molecule has 0 radical (unpaired) electrons. The van der Waals surface area contributed by atoms with Crippen LogP contribution in [0.1, 0.15) is 15.9 Å². The molecule has 2 aromatic carbocycles. The fourth-order valence-corrected chi connectivity index (χ4v) is 3.93. The molecule has 7 heteroatoms. The van der Waals surface area contributed by atoms with Gasteiger partial charge in [0.25, 0.3) is 5.91 Å². The number of carbonyl (C=O) groups is 2. The van der Waals surface area contributed by atoms with E-state index in [4.69, 9.17) is 10.5 Å². The molecule has 2 amide bonds. The summed E-state index contributed by atoms with van der Waals surface area (Å²) in [4.78, 5) is 29.5. The number of amides is 2. The Balaban J connectivity index is 1.54. The van der Waals surface area contributed by atoms with Gasteiger partial charge >= 0.3 is 0 Å². The van der Waals surface area contributed by atoms with Gasteiger partial charge in [-0.2, -0.15) is 0 Å². The fraction of sp³-hybridized carbons (Fsp3) is 0.250. The lowest BCUT2D eigenvalue weighted by Gasteiger charge is -2.25. The summed E-state index contributed by atoms with van der Waals surface area (Å²) in [5.74, 6) is -0.634. The van der Waals surface area contributed by atoms with Crippen molar-refractivity contribution < 1.29 is 14.3 Å². The number of H-pyrrole nitrogens is 1. The molecule has 31 heavy (non-hydrogen) atoms. The number of primary amides is 1. The lowest BCUT2D eigenvalue weighted by atomic mass is 9.94. The molecule has 4 rings (SSSR count). The van der Waals surface area contributed by atoms with Gasteiger partial charge in [0.05, 0.1) is 24.3 Å². The van der Waals surface area contributed by atoms with Gasteiger partial charge in [-0.1, -0.05) is 24.3 Å². The number of hydrogen-bond donors (Lipinski definition) is 3. The highest BCUT2D eigenvalue weighted by atomic mass is 16.5. The van der Waals surface area contributed by atoms with Gasteiger partial charge in [0.2, 0.25) is 5.91 Å². The third-order valence-corrected chi connectivity index (χ3v) is 5.61. The Morgan fingerprint density at radius 3 is 2.74 bits per heavy atom. The standard InChI is InChI=1S/C24H26N4O3/c1-16-17(18-7-8-20(24(25)30)23-19(18)9-10-26-23)4-2-5-21(16)27-22(29)6-3-11-28-12-14-31-15-13-28/h2-10,26H,11-15H2,1H3,(H2,25,30)(H,27,29). The maximum atomic E-state index is 12.4. The van der Waals surface area contributed by atoms with Gasteiger partial charge in [0, 0.05) is 43.0 Å². The van der Waals surface area contributed by atoms with Crippen molar-refractivity contribution in [2.75, 3.05) is 38.2 Å². The molecule has 0 atom stereocenters. The normalized spacial score (nSPS) is 14.9. The van der Waals surface area contributed by atoms with Crippen molar-refractivity contribution in [3.05, 3.63) is 65.9 Å². The minimum absolute atomic E-state index is 0.163. The minimum Gasteiger partial charge on any atom is -0.379 e. The molecule has 0 spiro atoms. The second kappa shape index (κ2) is 9.16. The first-order valence-electron chi connectivity index (χ1n) is 10.3. The highest BCUT2D eigenvalue weighted by molar-refractivity contribution is 6.09. The molecule has 7 nitrogen and oxygen atoms in total. The zero-order chi connectivity index (χ0) is 21.8. The average Bonchev–Trinajstić information content (AvgIpc) is 3.25. The molecule has 0 unspecified atom stereocenters. The molecular formula is C24H26N4O3. The number of anilines is 1. The van der Waals surface area contributed by atoms with Gasteiger partial charge in [-0.05, 0) is 41.8 Å². The van der Waals surface area contributed by atoms with Gasteiger partial charge in [0.15, 0.2) is 0 Å². The molecule has 1 saturated heterocycles. The van der Waals surface area contributed by atoms with Crippen LogP contribution >= 0.6 is 0 Å². The van der Waals surface area contributed by atoms with Crippen LogP contribution in [0, 0.1) is 6.92 Å². The number of aromatic amines is 1. The number of nitrogens with one attached hydrogen (secondary N) is 2. The van der Waals surface area contributed by atoms with Gasteiger partial charge in [-0.15, -0.1) is 0 Å². The van der Waals surface area contributed by atoms with E-state index < -0.39 is 5.91 Å². The molecule has 2 heterocycles. The topological polar surface area (TPSA) is 100 Å². The van der Waals surface area contributed by atoms with E-state index in [0.29, 0.717) is 11.1 Å². The van der Waals surface area contributed by atoms with Crippen LogP contribution in [0.5, 0.6) is 0 Å². The van der Waals surface area contributed by atoms with E-state index in [1.807, 2.05) is 43.3 Å². The largest absolute Gasteiger partial charge is 0.379 e. The third kappa shape index (κ3) is 4.52. The number of nitrogens with zero attached hydrogens (tertiary/aromatic N) is 1. The number of benzene rings is 2. The third-order valence-electron chi connectivity index (χ3n) is 5.61. The summed E-state index contributed by atoms with van der Waals surface area (Å²) < 4.78 is 5.34. The lowest BCUT2D eigenvalue weighted by molar-refractivity contribution is -0.111. The van der Waals surface area contributed by atoms with Gasteiger partial charge in [-0.25, -0.2) is 0 Å². The van der Waals surface area contributed by atoms with Crippen LogP contribution < -0.4 is 11.1 Å². The van der Waals surface area contributed by atoms with E-state index in [0.717, 1.165) is 60.6 Å². The van der Waals surface area contributed by atoms with Crippen molar-refractivity contribution in [2.24, 2.45) is 5.73 Å². The molecule has 1 aliphatic rings. The van der Waals surface area contributed by atoms with Crippen molar-refractivity contribution in [2.45, 2.75) is 6.92 Å². The summed E-state index contributed by atoms with van der Waals surface area (Å²) >= 11 is 0. The van der Waals surface area contributed by atoms with Crippen molar-refractivity contribution in [1.82, 2.24) is 9.88 Å². The molecule has 0 saturated carbocycles. The number of fused-ring (bicyclic) bond motifs is 1. The Labute approximate surface area is 180 Å². The number of rotatable bonds is 6. The smallest absolute Gasteiger partial charge is 0.250 e. The quantitative estimate of drug-likeness (QED) is 0.536. The van der Waals surface area contributed by atoms with Crippen molar-refractivity contribution in [1.29, 1.82) is 0 Å². The summed E-state index contributed by atoms with van der Waals surface area (Å²) in [6.45, 7) is 5.95. The molecule has 3 aromatic rings. The summed E-state index contributed by atoms with van der Waals surface area (Å²) in [6.07, 6.45) is 5.25. The van der Waals surface area contributed by atoms with Crippen molar-refractivity contribution in [3.63, 3.8) is 0 Å². The summed E-state index contributed by atoms with van der Waals surface area (Å²) in [6, 6.07) is 11.4. The number of morpholine rings is 1. The van der Waals surface area contributed by atoms with Crippen LogP contribution in [0.2, 0.25) is 0 Å². The lowest BCUT2D eigenvalue weighted by Crippen LogP contribution is -2.36. The molecule has 1 fully saturated rings. The van der Waals surface area contributed by atoms with Crippen LogP contribution in [0.4, 0.5) is 5.69 Å². The van der Waals surface area contributed by atoms with Gasteiger partial charge < -0.3 is 20.8 Å². The van der Waals surface area contributed by atoms with E-state index >= 15 is 0 Å². The molecule has 0 aliphatic carbocycles. The summed E-state index contributed by atoms with van der Waals surface area (Å²) in [5.41, 5.74) is 10.3. The monoisotopic (exact) mass is 418 g/mol. The Morgan fingerprint density at radius 1 is 1.16 bits per heavy atom. The van der Waals surface area contributed by atoms with Crippen LogP contribution in [0.15, 0.2) is 54.7 Å². The molecular weight excluding hydrogens is 392 g/mol. The first-order chi connectivity index (χ1) is 15.0. The number of nitrogens with two attached hydrogens (primary N) is 1. The van der Waals surface area contributed by atoms with E-state index in [1.54, 1.807) is 18.3 Å². The first-order valence-corrected chi connectivity index (χ1v) is 10.3. The van der Waals surface area contributed by atoms with Crippen LogP contribution in [0.25, 0.3) is 22.0 Å². The second-order valence-electron chi connectivity index (χ2n) is 7.57. The number of aromatic nitrogens is 1. The van der Waals surface area contributed by atoms with Crippen molar-refractivity contribution >= 4 is 28.4 Å². The van der Waals surface area contributed by atoms with E-state index in [9.17, 15) is 9.59 Å². The highest BCUT2D eigenvalue weighted by Crippen LogP contribution is 2.34. The van der Waals surface area contributed by atoms with Gasteiger partial charge in [-0.3, -0.25) is 14.5 Å². The van der Waals surface area contributed by atoms with E-state index in [-0.39, 0.29) is 5.91 Å². The Bertz CT molecular complexity index is 1140. The van der Waals surface area contributed by atoms with Crippen molar-refractivity contribution in [3.8, 4) is 11.1 Å². The molecule has 1 aliphatic heterocycles. The summed E-state index contributed by atoms with van der Waals surface area (Å²) in [7, 11) is 0. The van der Waals surface area contributed by atoms with Gasteiger partial charge in [0.1, 0.15) is 0 Å². The van der Waals surface area contributed by atoms with Crippen LogP contribution in [0.3, 0.4) is 0 Å². The minimum atomic E-state index is -0.472. The zero-order valence-corrected chi connectivity index (χ0v) is 17.5. The number of hydrogen-bond acceptors (Lipinski definition) is 4. The van der Waals surface area contributed by atoms with E-state index in [1.165, 1.54) is 0 Å². The maximum Gasteiger partial charge on any atom is 0.250 e. The van der Waals surface area contributed by atoms with Crippen LogP contribution in [-0.2, 0) is 9.53 Å². The average molecular weight is 418 g/mol. The summed E-state index contributed by atoms with van der Waals surface area (Å²) in [5, 5.41) is 3.89. The highest BCUT2D eigenvalue weighted by Gasteiger charge is 2.15. The maximum absolute atomic E-state index is 12.4. The Hall–Kier alpha value is -3.42. The van der Waals surface area contributed by atoms with Crippen LogP contribution in [-0.4, -0.2) is 54.5 Å². The second-order valence-corrected chi connectivity index (χ2v) is 7.57. The molecule has 4 N–H and O–H groups in total. The fourth-order valence-electron chi connectivity index (χ4n) is 3.93. The zero-order valence-electron chi connectivity index (χ0n) is 17.5. The molecule has 160 valence electrons. The predicted molar refractivity (Wildman–Crippen MR) is 122 cm³/mol. The molecule has 1 aromatic heterocycles. The molecule has 0 bridgehead atoms. The number of carbonyl (C=O) groups excluding carboxylic acids is 2.